The maximum absolute atomic E-state index is 5.25. The highest BCUT2D eigenvalue weighted by Gasteiger charge is 2.21. The average Bonchev–Trinajstić information content (AvgIpc) is 3.73. The Bertz CT molecular complexity index is 3220. The van der Waals surface area contributed by atoms with Crippen molar-refractivity contribution in [3.8, 4) is 90.6 Å². The normalized spacial score (nSPS) is 11.3. The van der Waals surface area contributed by atoms with Crippen molar-refractivity contribution in [3.05, 3.63) is 206 Å². The summed E-state index contributed by atoms with van der Waals surface area (Å²) in [6, 6.07) is 70.6. The van der Waals surface area contributed by atoms with E-state index >= 15 is 0 Å². The molecule has 0 aliphatic rings. The van der Waals surface area contributed by atoms with Crippen molar-refractivity contribution in [2.24, 2.45) is 0 Å². The Morgan fingerprint density at radius 2 is 0.672 bits per heavy atom. The predicted molar refractivity (Wildman–Crippen MR) is 250 cm³/mol. The smallest absolute Gasteiger partial charge is 0.164 e. The number of hydrogen-bond donors (Lipinski definition) is 0. The second-order valence-corrected chi connectivity index (χ2v) is 15.8. The van der Waals surface area contributed by atoms with Gasteiger partial charge < -0.3 is 0 Å². The molecule has 3 heterocycles. The van der Waals surface area contributed by atoms with Crippen molar-refractivity contribution in [2.45, 2.75) is 0 Å². The Labute approximate surface area is 356 Å². The molecule has 0 saturated carbocycles. The second kappa shape index (κ2) is 15.6. The molecule has 0 amide bonds. The van der Waals surface area contributed by atoms with Crippen molar-refractivity contribution < 1.29 is 0 Å². The average molecular weight is 799 g/mol. The number of benzene rings is 8. The summed E-state index contributed by atoms with van der Waals surface area (Å²) >= 11 is 1.80. The maximum atomic E-state index is 5.25. The zero-order valence-corrected chi connectivity index (χ0v) is 33.5. The number of hydrogen-bond acceptors (Lipinski definition) is 7. The van der Waals surface area contributed by atoms with Gasteiger partial charge in [0.15, 0.2) is 34.9 Å². The Balaban J connectivity index is 1.16. The molecule has 11 aromatic rings. The molecule has 0 fully saturated rings. The van der Waals surface area contributed by atoms with Crippen molar-refractivity contribution in [3.63, 3.8) is 0 Å². The van der Waals surface area contributed by atoms with Gasteiger partial charge in [-0.2, -0.15) is 0 Å². The topological polar surface area (TPSA) is 77.3 Å². The van der Waals surface area contributed by atoms with Crippen LogP contribution in [0.15, 0.2) is 206 Å². The standard InChI is InChI=1S/C54H34N6S/c1-6-17-35(18-7-1)40-30-32-47-45(33-40)44-28-16-27-43(48(44)61-47)42-31-29-41(53-57-49(36-19-8-2-9-20-36)55-50(58-53)37-21-10-3-11-22-37)34-46(42)54-59-51(38-23-12-4-13-24-38)56-52(60-54)39-25-14-5-15-26-39/h1-34H. The van der Waals surface area contributed by atoms with Gasteiger partial charge in [0.25, 0.3) is 0 Å². The molecule has 0 saturated heterocycles. The van der Waals surface area contributed by atoms with Gasteiger partial charge in [0, 0.05) is 59.1 Å². The molecule has 0 atom stereocenters. The fraction of sp³-hybridized carbons (Fsp3) is 0. The third-order valence-corrected chi connectivity index (χ3v) is 12.0. The van der Waals surface area contributed by atoms with Crippen LogP contribution in [0.4, 0.5) is 0 Å². The summed E-state index contributed by atoms with van der Waals surface area (Å²) in [5, 5.41) is 2.43. The van der Waals surface area contributed by atoms with Crippen LogP contribution in [0.25, 0.3) is 111 Å². The molecular formula is C54H34N6S. The Kier molecular flexibility index (Phi) is 9.26. The number of thiophene rings is 1. The van der Waals surface area contributed by atoms with Crippen LogP contribution in [0.1, 0.15) is 0 Å². The monoisotopic (exact) mass is 798 g/mol. The Hall–Kier alpha value is -8.00. The van der Waals surface area contributed by atoms with Crippen LogP contribution in [0.2, 0.25) is 0 Å². The zero-order valence-electron chi connectivity index (χ0n) is 32.7. The van der Waals surface area contributed by atoms with Gasteiger partial charge in [-0.15, -0.1) is 11.3 Å². The first kappa shape index (κ1) is 36.1. The van der Waals surface area contributed by atoms with Crippen molar-refractivity contribution >= 4 is 31.5 Å². The molecule has 0 spiro atoms. The van der Waals surface area contributed by atoms with Crippen molar-refractivity contribution in [1.82, 2.24) is 29.9 Å². The fourth-order valence-corrected chi connectivity index (χ4v) is 9.00. The molecular weight excluding hydrogens is 765 g/mol. The van der Waals surface area contributed by atoms with E-state index in [0.717, 1.165) is 44.5 Å². The first-order chi connectivity index (χ1) is 30.2. The summed E-state index contributed by atoms with van der Waals surface area (Å²) in [5.74, 6) is 3.47. The molecule has 7 heteroatoms. The van der Waals surface area contributed by atoms with E-state index in [1.165, 1.54) is 31.3 Å². The highest BCUT2D eigenvalue weighted by atomic mass is 32.1. The van der Waals surface area contributed by atoms with Crippen molar-refractivity contribution in [2.75, 3.05) is 0 Å². The van der Waals surface area contributed by atoms with E-state index < -0.39 is 0 Å². The van der Waals surface area contributed by atoms with Crippen LogP contribution < -0.4 is 0 Å². The number of rotatable bonds is 8. The van der Waals surface area contributed by atoms with Gasteiger partial charge in [-0.05, 0) is 34.9 Å². The van der Waals surface area contributed by atoms with Gasteiger partial charge >= 0.3 is 0 Å². The SMILES string of the molecule is c1ccc(-c2ccc3sc4c(-c5ccc(-c6nc(-c7ccccc7)nc(-c7ccccc7)n6)cc5-c5nc(-c6ccccc6)nc(-c6ccccc6)n5)cccc4c3c2)cc1. The van der Waals surface area contributed by atoms with Crippen LogP contribution in [0.3, 0.4) is 0 Å². The molecule has 286 valence electrons. The fourth-order valence-electron chi connectivity index (χ4n) is 7.79. The van der Waals surface area contributed by atoms with Gasteiger partial charge in [0.05, 0.1) is 0 Å². The summed E-state index contributed by atoms with van der Waals surface area (Å²) in [6.45, 7) is 0. The number of fused-ring (bicyclic) bond motifs is 3. The Morgan fingerprint density at radius 3 is 1.16 bits per heavy atom. The molecule has 0 bridgehead atoms. The number of aromatic nitrogens is 6. The lowest BCUT2D eigenvalue weighted by Crippen LogP contribution is -2.03. The lowest BCUT2D eigenvalue weighted by molar-refractivity contribution is 1.07. The van der Waals surface area contributed by atoms with E-state index in [-0.39, 0.29) is 0 Å². The van der Waals surface area contributed by atoms with Gasteiger partial charge in [0.2, 0.25) is 0 Å². The van der Waals surface area contributed by atoms with Crippen LogP contribution in [-0.4, -0.2) is 29.9 Å². The molecule has 0 radical (unpaired) electrons. The molecule has 6 nitrogen and oxygen atoms in total. The summed E-state index contributed by atoms with van der Waals surface area (Å²) in [6.07, 6.45) is 0. The summed E-state index contributed by atoms with van der Waals surface area (Å²) in [5.41, 5.74) is 9.75. The molecule has 61 heavy (non-hydrogen) atoms. The first-order valence-electron chi connectivity index (χ1n) is 20.1. The minimum absolute atomic E-state index is 0.551. The molecule has 8 aromatic carbocycles. The van der Waals surface area contributed by atoms with E-state index in [1.54, 1.807) is 11.3 Å². The minimum Gasteiger partial charge on any atom is -0.208 e. The van der Waals surface area contributed by atoms with Crippen molar-refractivity contribution in [1.29, 1.82) is 0 Å². The molecule has 0 aliphatic heterocycles. The van der Waals surface area contributed by atoms with E-state index in [0.29, 0.717) is 34.9 Å². The number of nitrogens with zero attached hydrogens (tertiary/aromatic N) is 6. The van der Waals surface area contributed by atoms with Gasteiger partial charge in [-0.1, -0.05) is 188 Å². The maximum Gasteiger partial charge on any atom is 0.164 e. The van der Waals surface area contributed by atoms with E-state index in [4.69, 9.17) is 29.9 Å². The Morgan fingerprint density at radius 1 is 0.246 bits per heavy atom. The molecule has 11 rings (SSSR count). The van der Waals surface area contributed by atoms with Crippen LogP contribution in [-0.2, 0) is 0 Å². The molecule has 0 unspecified atom stereocenters. The molecule has 3 aromatic heterocycles. The second-order valence-electron chi connectivity index (χ2n) is 14.7. The van der Waals surface area contributed by atoms with Gasteiger partial charge in [-0.3, -0.25) is 0 Å². The predicted octanol–water partition coefficient (Wildman–Crippen LogP) is 13.8. The third kappa shape index (κ3) is 7.03. The highest BCUT2D eigenvalue weighted by molar-refractivity contribution is 7.26. The molecule has 0 N–H and O–H groups in total. The van der Waals surface area contributed by atoms with Crippen LogP contribution >= 0.6 is 11.3 Å². The summed E-state index contributed by atoms with van der Waals surface area (Å²) < 4.78 is 2.42. The first-order valence-corrected chi connectivity index (χ1v) is 20.9. The highest BCUT2D eigenvalue weighted by Crippen LogP contribution is 2.44. The quantitative estimate of drug-likeness (QED) is 0.152. The summed E-state index contributed by atoms with van der Waals surface area (Å²) in [4.78, 5) is 30.7. The van der Waals surface area contributed by atoms with E-state index in [1.807, 2.05) is 121 Å². The lowest BCUT2D eigenvalue weighted by Gasteiger charge is -2.15. The van der Waals surface area contributed by atoms with Gasteiger partial charge in [-0.25, -0.2) is 29.9 Å². The van der Waals surface area contributed by atoms with E-state index in [2.05, 4.69) is 84.9 Å². The van der Waals surface area contributed by atoms with Gasteiger partial charge in [0.1, 0.15) is 0 Å². The summed E-state index contributed by atoms with van der Waals surface area (Å²) in [7, 11) is 0. The largest absolute Gasteiger partial charge is 0.208 e. The van der Waals surface area contributed by atoms with Crippen LogP contribution in [0.5, 0.6) is 0 Å². The zero-order chi connectivity index (χ0) is 40.5. The molecule has 0 aliphatic carbocycles. The minimum atomic E-state index is 0.551. The van der Waals surface area contributed by atoms with Crippen LogP contribution in [0, 0.1) is 0 Å². The van der Waals surface area contributed by atoms with E-state index in [9.17, 15) is 0 Å². The third-order valence-electron chi connectivity index (χ3n) is 10.8. The lowest BCUT2D eigenvalue weighted by atomic mass is 9.95.